The molecule has 29 heavy (non-hydrogen) atoms. The van der Waals surface area contributed by atoms with Gasteiger partial charge in [0.25, 0.3) is 11.8 Å². The van der Waals surface area contributed by atoms with Crippen LogP contribution in [0.3, 0.4) is 0 Å². The predicted octanol–water partition coefficient (Wildman–Crippen LogP) is 5.80. The zero-order chi connectivity index (χ0) is 20.8. The number of ether oxygens (including phenoxy) is 1. The molecule has 0 atom stereocenters. The van der Waals surface area contributed by atoms with Crippen LogP contribution in [0.4, 0.5) is 0 Å². The average Bonchev–Trinajstić information content (AvgIpc) is 2.95. The lowest BCUT2D eigenvalue weighted by atomic mass is 10.1. The topological polar surface area (TPSA) is 46.6 Å². The van der Waals surface area contributed by atoms with E-state index in [0.717, 1.165) is 35.5 Å². The monoisotopic (exact) mass is 429 g/mol. The lowest BCUT2D eigenvalue weighted by molar-refractivity contribution is -0.136. The maximum atomic E-state index is 13.2. The Morgan fingerprint density at radius 2 is 1.62 bits per heavy atom. The molecule has 0 unspecified atom stereocenters. The van der Waals surface area contributed by atoms with Gasteiger partial charge in [-0.1, -0.05) is 55.3 Å². The Bertz CT molecular complexity index is 907. The van der Waals surface area contributed by atoms with E-state index in [1.165, 1.54) is 16.7 Å². The van der Waals surface area contributed by atoms with E-state index < -0.39 is 0 Å². The van der Waals surface area contributed by atoms with Gasteiger partial charge in [0, 0.05) is 16.5 Å². The fourth-order valence-corrected chi connectivity index (χ4v) is 4.27. The molecule has 0 bridgehead atoms. The number of nitrogens with zero attached hydrogens (tertiary/aromatic N) is 1. The lowest BCUT2D eigenvalue weighted by Gasteiger charge is -2.14. The Kier molecular flexibility index (Phi) is 7.40. The van der Waals surface area contributed by atoms with Gasteiger partial charge in [0.2, 0.25) is 0 Å². The Morgan fingerprint density at radius 3 is 2.24 bits per heavy atom. The number of imide groups is 1. The van der Waals surface area contributed by atoms with Gasteiger partial charge < -0.3 is 4.74 Å². The molecule has 2 aromatic carbocycles. The Morgan fingerprint density at radius 1 is 0.931 bits per heavy atom. The highest BCUT2D eigenvalue weighted by molar-refractivity contribution is 8.04. The van der Waals surface area contributed by atoms with Gasteiger partial charge in [0.1, 0.15) is 5.75 Å². The number of amides is 2. The highest BCUT2D eigenvalue weighted by Crippen LogP contribution is 2.40. The van der Waals surface area contributed by atoms with Crippen molar-refractivity contribution < 1.29 is 14.3 Å². The molecule has 0 aliphatic carbocycles. The van der Waals surface area contributed by atoms with Crippen molar-refractivity contribution in [2.75, 3.05) is 13.2 Å². The maximum absolute atomic E-state index is 13.2. The molecule has 1 aliphatic rings. The van der Waals surface area contributed by atoms with E-state index in [0.29, 0.717) is 28.7 Å². The number of hydrogen-bond acceptors (Lipinski definition) is 4. The minimum absolute atomic E-state index is 0.227. The minimum atomic E-state index is -0.230. The lowest BCUT2D eigenvalue weighted by Crippen LogP contribution is -2.32. The molecule has 1 heterocycles. The number of carbonyl (C=O) groups excluding carboxylic acids is 2. The molecule has 6 heteroatoms. The third-order valence-electron chi connectivity index (χ3n) is 4.60. The number of halogens is 1. The third kappa shape index (κ3) is 5.03. The summed E-state index contributed by atoms with van der Waals surface area (Å²) in [6.07, 6.45) is 2.82. The summed E-state index contributed by atoms with van der Waals surface area (Å²) in [5.74, 6) is 0.280. The summed E-state index contributed by atoms with van der Waals surface area (Å²) >= 11 is 7.29. The molecule has 0 N–H and O–H groups in total. The van der Waals surface area contributed by atoms with Crippen molar-refractivity contribution in [3.8, 4) is 5.75 Å². The summed E-state index contributed by atoms with van der Waals surface area (Å²) in [4.78, 5) is 29.0. The minimum Gasteiger partial charge on any atom is -0.494 e. The summed E-state index contributed by atoms with van der Waals surface area (Å²) in [7, 11) is 0. The molecular weight excluding hydrogens is 406 g/mol. The number of thioether (sulfide) groups is 1. The summed E-state index contributed by atoms with van der Waals surface area (Å²) in [6.45, 7) is 5.03. The van der Waals surface area contributed by atoms with Crippen molar-refractivity contribution >= 4 is 40.8 Å². The normalized spacial score (nSPS) is 14.1. The van der Waals surface area contributed by atoms with E-state index in [-0.39, 0.29) is 11.8 Å². The number of hydrogen-bond donors (Lipinski definition) is 0. The standard InChI is InChI=1S/C23H24ClNO3S/c1-3-5-6-15-25-22(26)20(16-7-11-18(12-8-16)28-4-2)21(23(25)27)29-19-13-9-17(24)10-14-19/h7-14H,3-6,15H2,1-2H3. The molecule has 152 valence electrons. The average molecular weight is 430 g/mol. The Hall–Kier alpha value is -2.24. The van der Waals surface area contributed by atoms with Gasteiger partial charge in [-0.05, 0) is 55.3 Å². The fourth-order valence-electron chi connectivity index (χ4n) is 3.13. The van der Waals surface area contributed by atoms with E-state index in [9.17, 15) is 9.59 Å². The molecule has 0 aromatic heterocycles. The first kappa shape index (κ1) is 21.5. The highest BCUT2D eigenvalue weighted by atomic mass is 35.5. The summed E-state index contributed by atoms with van der Waals surface area (Å²) in [5, 5.41) is 0.630. The van der Waals surface area contributed by atoms with Crippen LogP contribution in [0, 0.1) is 0 Å². The number of rotatable bonds is 9. The first-order valence-electron chi connectivity index (χ1n) is 9.82. The molecule has 2 amide bonds. The maximum Gasteiger partial charge on any atom is 0.268 e. The molecule has 0 saturated carbocycles. The largest absolute Gasteiger partial charge is 0.494 e. The van der Waals surface area contributed by atoms with E-state index in [1.54, 1.807) is 12.1 Å². The van der Waals surface area contributed by atoms with Gasteiger partial charge in [-0.25, -0.2) is 0 Å². The van der Waals surface area contributed by atoms with Gasteiger partial charge in [0.05, 0.1) is 17.1 Å². The van der Waals surface area contributed by atoms with Crippen molar-refractivity contribution in [3.63, 3.8) is 0 Å². The van der Waals surface area contributed by atoms with Crippen molar-refractivity contribution in [2.24, 2.45) is 0 Å². The van der Waals surface area contributed by atoms with Crippen LogP contribution in [0.1, 0.15) is 38.7 Å². The molecule has 1 aliphatic heterocycles. The van der Waals surface area contributed by atoms with Crippen LogP contribution in [0.5, 0.6) is 5.75 Å². The highest BCUT2D eigenvalue weighted by Gasteiger charge is 2.39. The third-order valence-corrected chi connectivity index (χ3v) is 5.94. The van der Waals surface area contributed by atoms with Crippen LogP contribution in [0.15, 0.2) is 58.3 Å². The molecular formula is C23H24ClNO3S. The van der Waals surface area contributed by atoms with Crippen LogP contribution < -0.4 is 4.74 Å². The van der Waals surface area contributed by atoms with Gasteiger partial charge in [-0.3, -0.25) is 14.5 Å². The first-order valence-corrected chi connectivity index (χ1v) is 11.0. The Labute approximate surface area is 180 Å². The van der Waals surface area contributed by atoms with E-state index >= 15 is 0 Å². The van der Waals surface area contributed by atoms with Crippen LogP contribution >= 0.6 is 23.4 Å². The zero-order valence-electron chi connectivity index (χ0n) is 16.6. The molecule has 0 radical (unpaired) electrons. The molecule has 0 saturated heterocycles. The molecule has 4 nitrogen and oxygen atoms in total. The van der Waals surface area contributed by atoms with Crippen LogP contribution in [-0.4, -0.2) is 29.9 Å². The van der Waals surface area contributed by atoms with E-state index in [2.05, 4.69) is 6.92 Å². The van der Waals surface area contributed by atoms with E-state index in [4.69, 9.17) is 16.3 Å². The number of benzene rings is 2. The molecule has 0 fully saturated rings. The van der Waals surface area contributed by atoms with Gasteiger partial charge in [0.15, 0.2) is 0 Å². The van der Waals surface area contributed by atoms with Crippen LogP contribution in [0.2, 0.25) is 5.02 Å². The van der Waals surface area contributed by atoms with Gasteiger partial charge in [-0.15, -0.1) is 0 Å². The fraction of sp³-hybridized carbons (Fsp3) is 0.304. The number of carbonyl (C=O) groups is 2. The SMILES string of the molecule is CCCCCN1C(=O)C(Sc2ccc(Cl)cc2)=C(c2ccc(OCC)cc2)C1=O. The second kappa shape index (κ2) is 9.99. The summed E-state index contributed by atoms with van der Waals surface area (Å²) in [6, 6.07) is 14.6. The van der Waals surface area contributed by atoms with Gasteiger partial charge >= 0.3 is 0 Å². The quantitative estimate of drug-likeness (QED) is 0.373. The van der Waals surface area contributed by atoms with E-state index in [1.807, 2.05) is 43.3 Å². The number of unbranched alkanes of at least 4 members (excludes halogenated alkanes) is 2. The second-order valence-corrected chi connectivity index (χ2v) is 8.21. The first-order chi connectivity index (χ1) is 14.0. The predicted molar refractivity (Wildman–Crippen MR) is 118 cm³/mol. The molecule has 3 rings (SSSR count). The molecule has 2 aromatic rings. The van der Waals surface area contributed by atoms with Crippen LogP contribution in [-0.2, 0) is 9.59 Å². The van der Waals surface area contributed by atoms with Gasteiger partial charge in [-0.2, -0.15) is 0 Å². The summed E-state index contributed by atoms with van der Waals surface area (Å²) < 4.78 is 5.50. The van der Waals surface area contributed by atoms with Crippen LogP contribution in [0.25, 0.3) is 5.57 Å². The summed E-state index contributed by atoms with van der Waals surface area (Å²) in [5.41, 5.74) is 1.18. The van der Waals surface area contributed by atoms with Crippen molar-refractivity contribution in [3.05, 3.63) is 64.0 Å². The zero-order valence-corrected chi connectivity index (χ0v) is 18.2. The second-order valence-electron chi connectivity index (χ2n) is 6.69. The van der Waals surface area contributed by atoms with Crippen molar-refractivity contribution in [1.29, 1.82) is 0 Å². The Balaban J connectivity index is 1.95. The molecule has 0 spiro atoms. The van der Waals surface area contributed by atoms with Crippen molar-refractivity contribution in [2.45, 2.75) is 38.0 Å². The van der Waals surface area contributed by atoms with Crippen molar-refractivity contribution in [1.82, 2.24) is 4.90 Å². The smallest absolute Gasteiger partial charge is 0.268 e.